The summed E-state index contributed by atoms with van der Waals surface area (Å²) in [5, 5.41) is 0.672. The largest absolute Gasteiger partial charge is 0.399 e. The van der Waals surface area contributed by atoms with E-state index < -0.39 is 0 Å². The van der Waals surface area contributed by atoms with Crippen LogP contribution in [0.25, 0.3) is 0 Å². The maximum absolute atomic E-state index is 5.51. The van der Waals surface area contributed by atoms with Crippen LogP contribution in [-0.4, -0.2) is 0 Å². The van der Waals surface area contributed by atoms with Crippen LogP contribution in [0, 0.1) is 0 Å². The monoisotopic (exact) mass is 143 g/mol. The fourth-order valence-electron chi connectivity index (χ4n) is 0.414. The van der Waals surface area contributed by atoms with Gasteiger partial charge in [0.05, 0.1) is 0 Å². The quantitative estimate of drug-likeness (QED) is 0.589. The molecule has 1 nitrogen and oxygen atoms in total. The van der Waals surface area contributed by atoms with E-state index in [1.54, 1.807) is 25.2 Å². The highest BCUT2D eigenvalue weighted by Gasteiger charge is 1.80. The van der Waals surface area contributed by atoms with Gasteiger partial charge < -0.3 is 5.73 Å². The van der Waals surface area contributed by atoms with E-state index in [9.17, 15) is 0 Å². The minimum absolute atomic E-state index is 0.623. The maximum atomic E-state index is 5.51. The van der Waals surface area contributed by atoms with Crippen molar-refractivity contribution in [1.82, 2.24) is 0 Å². The van der Waals surface area contributed by atoms with E-state index in [-0.39, 0.29) is 0 Å². The topological polar surface area (TPSA) is 26.0 Å². The third-order valence-corrected chi connectivity index (χ3v) is 0.785. The van der Waals surface area contributed by atoms with Gasteiger partial charge in [-0.2, -0.15) is 0 Å². The molecule has 0 rings (SSSR count). The van der Waals surface area contributed by atoms with E-state index in [2.05, 4.69) is 6.58 Å². The third-order valence-electron chi connectivity index (χ3n) is 0.676. The van der Waals surface area contributed by atoms with Crippen LogP contribution in [0.3, 0.4) is 0 Å². The van der Waals surface area contributed by atoms with Crippen molar-refractivity contribution < 1.29 is 0 Å². The van der Waals surface area contributed by atoms with Crippen molar-refractivity contribution in [3.63, 3.8) is 0 Å². The van der Waals surface area contributed by atoms with Crippen LogP contribution >= 0.6 is 11.6 Å². The molecule has 0 saturated heterocycles. The number of nitrogens with two attached hydrogens (primary N) is 1. The van der Waals surface area contributed by atoms with Crippen molar-refractivity contribution in [1.29, 1.82) is 0 Å². The first-order valence-electron chi connectivity index (χ1n) is 2.59. The molecule has 9 heavy (non-hydrogen) atoms. The number of hydrogen-bond acceptors (Lipinski definition) is 1. The summed E-state index contributed by atoms with van der Waals surface area (Å²) in [6.07, 6.45) is 4.97. The normalized spacial score (nSPS) is 13.6. The zero-order valence-electron chi connectivity index (χ0n) is 5.39. The van der Waals surface area contributed by atoms with Gasteiger partial charge in [-0.3, -0.25) is 0 Å². The van der Waals surface area contributed by atoms with Gasteiger partial charge in [0.1, 0.15) is 0 Å². The van der Waals surface area contributed by atoms with E-state index in [0.29, 0.717) is 10.7 Å². The molecule has 0 fully saturated rings. The van der Waals surface area contributed by atoms with Crippen molar-refractivity contribution in [3.8, 4) is 0 Å². The minimum atomic E-state index is 0.623. The summed E-state index contributed by atoms with van der Waals surface area (Å²) >= 11 is 5.51. The molecule has 0 aromatic carbocycles. The van der Waals surface area contributed by atoms with Gasteiger partial charge in [-0.1, -0.05) is 24.3 Å². The average Bonchev–Trinajstić information content (AvgIpc) is 1.63. The van der Waals surface area contributed by atoms with Gasteiger partial charge in [-0.05, 0) is 19.1 Å². The Kier molecular flexibility index (Phi) is 3.89. The van der Waals surface area contributed by atoms with Crippen molar-refractivity contribution in [2.75, 3.05) is 0 Å². The lowest BCUT2D eigenvalue weighted by atomic mass is 10.3. The highest BCUT2D eigenvalue weighted by molar-refractivity contribution is 6.29. The SMILES string of the molecule is C=C/C=C(N)\C=C(/C)Cl. The van der Waals surface area contributed by atoms with Crippen LogP contribution in [0.5, 0.6) is 0 Å². The lowest BCUT2D eigenvalue weighted by Gasteiger charge is -1.88. The van der Waals surface area contributed by atoms with Gasteiger partial charge in [-0.15, -0.1) is 0 Å². The standard InChI is InChI=1S/C7H10ClN/c1-3-4-7(9)5-6(2)8/h3-5H,1,9H2,2H3/b6-5+,7-4+. The zero-order valence-corrected chi connectivity index (χ0v) is 6.15. The summed E-state index contributed by atoms with van der Waals surface area (Å²) in [5.41, 5.74) is 6.04. The fraction of sp³-hybridized carbons (Fsp3) is 0.143. The molecule has 0 aromatic heterocycles. The molecule has 50 valence electrons. The second kappa shape index (κ2) is 4.21. The van der Waals surface area contributed by atoms with Gasteiger partial charge in [0.15, 0.2) is 0 Å². The van der Waals surface area contributed by atoms with Crippen LogP contribution in [0.4, 0.5) is 0 Å². The molecule has 0 aliphatic rings. The lowest BCUT2D eigenvalue weighted by Crippen LogP contribution is -1.91. The smallest absolute Gasteiger partial charge is 0.0325 e. The summed E-state index contributed by atoms with van der Waals surface area (Å²) in [4.78, 5) is 0. The average molecular weight is 144 g/mol. The van der Waals surface area contributed by atoms with E-state index in [0.717, 1.165) is 0 Å². The van der Waals surface area contributed by atoms with Gasteiger partial charge in [0.2, 0.25) is 0 Å². The van der Waals surface area contributed by atoms with Gasteiger partial charge in [-0.25, -0.2) is 0 Å². The van der Waals surface area contributed by atoms with Crippen molar-refractivity contribution in [3.05, 3.63) is 35.5 Å². The predicted molar refractivity (Wildman–Crippen MR) is 42.1 cm³/mol. The lowest BCUT2D eigenvalue weighted by molar-refractivity contribution is 1.40. The fourth-order valence-corrected chi connectivity index (χ4v) is 0.540. The Morgan fingerprint density at radius 2 is 2.22 bits per heavy atom. The molecular weight excluding hydrogens is 134 g/mol. The summed E-state index contributed by atoms with van der Waals surface area (Å²) in [6.45, 7) is 5.25. The van der Waals surface area contributed by atoms with E-state index in [1.165, 1.54) is 0 Å². The number of hydrogen-bond donors (Lipinski definition) is 1. The van der Waals surface area contributed by atoms with Crippen molar-refractivity contribution in [2.24, 2.45) is 5.73 Å². The molecule has 0 heterocycles. The second-order valence-corrected chi connectivity index (χ2v) is 2.23. The van der Waals surface area contributed by atoms with Gasteiger partial charge in [0, 0.05) is 10.7 Å². The highest BCUT2D eigenvalue weighted by atomic mass is 35.5. The molecule has 0 bridgehead atoms. The van der Waals surface area contributed by atoms with Gasteiger partial charge >= 0.3 is 0 Å². The first-order valence-corrected chi connectivity index (χ1v) is 2.96. The van der Waals surface area contributed by atoms with Crippen LogP contribution < -0.4 is 5.73 Å². The number of halogens is 1. The summed E-state index contributed by atoms with van der Waals surface area (Å²) in [6, 6.07) is 0. The minimum Gasteiger partial charge on any atom is -0.399 e. The van der Waals surface area contributed by atoms with E-state index >= 15 is 0 Å². The van der Waals surface area contributed by atoms with E-state index in [1.807, 2.05) is 0 Å². The number of allylic oxidation sites excluding steroid dienone is 4. The Morgan fingerprint density at radius 3 is 2.56 bits per heavy atom. The molecule has 0 aliphatic heterocycles. The Bertz CT molecular complexity index is 152. The molecule has 0 saturated carbocycles. The van der Waals surface area contributed by atoms with Crippen molar-refractivity contribution >= 4 is 11.6 Å². The molecule has 0 unspecified atom stereocenters. The second-order valence-electron chi connectivity index (χ2n) is 1.63. The molecule has 0 spiro atoms. The highest BCUT2D eigenvalue weighted by Crippen LogP contribution is 2.00. The summed E-state index contributed by atoms with van der Waals surface area (Å²) in [5.74, 6) is 0. The van der Waals surface area contributed by atoms with Gasteiger partial charge in [0.25, 0.3) is 0 Å². The van der Waals surface area contributed by atoms with E-state index in [4.69, 9.17) is 17.3 Å². The Labute approximate surface area is 60.5 Å². The van der Waals surface area contributed by atoms with Crippen LogP contribution in [0.1, 0.15) is 6.92 Å². The Morgan fingerprint density at radius 1 is 1.67 bits per heavy atom. The first kappa shape index (κ1) is 8.31. The Balaban J connectivity index is 4.05. The molecule has 2 N–H and O–H groups in total. The Hall–Kier alpha value is -0.690. The van der Waals surface area contributed by atoms with Crippen LogP contribution in [0.15, 0.2) is 35.5 Å². The zero-order chi connectivity index (χ0) is 7.28. The predicted octanol–water partition coefficient (Wildman–Crippen LogP) is 2.16. The van der Waals surface area contributed by atoms with Crippen molar-refractivity contribution in [2.45, 2.75) is 6.92 Å². The first-order chi connectivity index (χ1) is 4.16. The third kappa shape index (κ3) is 5.18. The summed E-state index contributed by atoms with van der Waals surface area (Å²) in [7, 11) is 0. The van der Waals surface area contributed by atoms with Crippen LogP contribution in [-0.2, 0) is 0 Å². The molecule has 0 aliphatic carbocycles. The molecular formula is C7H10ClN. The van der Waals surface area contributed by atoms with Crippen LogP contribution in [0.2, 0.25) is 0 Å². The molecule has 0 atom stereocenters. The molecule has 0 amide bonds. The molecule has 0 radical (unpaired) electrons. The maximum Gasteiger partial charge on any atom is 0.0325 e. The molecule has 0 aromatic rings. The number of rotatable bonds is 2. The summed E-state index contributed by atoms with van der Waals surface area (Å²) < 4.78 is 0. The molecule has 2 heteroatoms.